The van der Waals surface area contributed by atoms with Gasteiger partial charge in [0.15, 0.2) is 0 Å². The zero-order valence-corrected chi connectivity index (χ0v) is 24.3. The Bertz CT molecular complexity index is 1170. The molecule has 0 bridgehead atoms. The number of aryl methyl sites for hydroxylation is 2. The molecule has 0 unspecified atom stereocenters. The molecule has 1 amide bonds. The molecular weight excluding hydrogens is 468 g/mol. The molecule has 1 aliphatic heterocycles. The van der Waals surface area contributed by atoms with Crippen LogP contribution in [0.4, 0.5) is 10.5 Å². The van der Waals surface area contributed by atoms with Gasteiger partial charge in [-0.1, -0.05) is 96.1 Å². The Hall–Kier alpha value is -3.11. The van der Waals surface area contributed by atoms with Crippen molar-refractivity contribution in [3.05, 3.63) is 100 Å². The topological polar surface area (TPSA) is 50.4 Å². The van der Waals surface area contributed by atoms with Crippen LogP contribution in [0.2, 0.25) is 0 Å². The number of ether oxygens (including phenoxy) is 1. The molecule has 4 heteroatoms. The van der Waals surface area contributed by atoms with Crippen LogP contribution in [0.1, 0.15) is 87.3 Å². The maximum Gasteiger partial charge on any atom is 0.411 e. The van der Waals surface area contributed by atoms with Crippen molar-refractivity contribution in [3.8, 4) is 0 Å². The molecule has 1 saturated heterocycles. The van der Waals surface area contributed by atoms with Gasteiger partial charge in [0, 0.05) is 30.6 Å². The molecule has 0 radical (unpaired) electrons. The molecule has 1 fully saturated rings. The lowest BCUT2D eigenvalue weighted by atomic mass is 9.80. The summed E-state index contributed by atoms with van der Waals surface area (Å²) in [6.45, 7) is 18.2. The Morgan fingerprint density at radius 2 is 1.29 bits per heavy atom. The summed E-state index contributed by atoms with van der Waals surface area (Å²) in [5.74, 6) is 0.161. The van der Waals surface area contributed by atoms with Crippen molar-refractivity contribution in [1.29, 1.82) is 0 Å². The van der Waals surface area contributed by atoms with Crippen LogP contribution in [0, 0.1) is 13.8 Å². The van der Waals surface area contributed by atoms with Crippen molar-refractivity contribution < 1.29 is 9.53 Å². The zero-order valence-electron chi connectivity index (χ0n) is 24.3. The van der Waals surface area contributed by atoms with Crippen LogP contribution in [-0.2, 0) is 15.6 Å². The number of nitrogens with one attached hydrogen (secondary N) is 2. The number of carbonyl (C=O) groups is 1. The van der Waals surface area contributed by atoms with Gasteiger partial charge in [-0.05, 0) is 70.2 Å². The van der Waals surface area contributed by atoms with Gasteiger partial charge >= 0.3 is 6.09 Å². The van der Waals surface area contributed by atoms with E-state index >= 15 is 0 Å². The standard InChI is InChI=1S/C34H44N2O2/c1-22-17-23(2)19-28(18-22)36-32(37)38-29-20-30(35-21-29)31(24-9-13-26(14-10-24)33(3,4)5)25-11-15-27(16-12-25)34(6,7)8/h9-19,29-31,35H,20-21H2,1-8H3,(H,36,37)/t29-,30-/m1/s1. The van der Waals surface area contributed by atoms with Crippen LogP contribution >= 0.6 is 0 Å². The van der Waals surface area contributed by atoms with Gasteiger partial charge in [-0.25, -0.2) is 4.79 Å². The van der Waals surface area contributed by atoms with Crippen molar-refractivity contribution in [2.75, 3.05) is 11.9 Å². The molecule has 1 heterocycles. The summed E-state index contributed by atoms with van der Waals surface area (Å²) < 4.78 is 5.86. The van der Waals surface area contributed by atoms with E-state index in [1.807, 2.05) is 26.0 Å². The summed E-state index contributed by atoms with van der Waals surface area (Å²) in [6, 6.07) is 24.3. The smallest absolute Gasteiger partial charge is 0.411 e. The van der Waals surface area contributed by atoms with E-state index in [4.69, 9.17) is 4.74 Å². The molecule has 3 aromatic rings. The average Bonchev–Trinajstić information content (AvgIpc) is 3.25. The van der Waals surface area contributed by atoms with Gasteiger partial charge in [0.1, 0.15) is 6.10 Å². The second-order valence-corrected chi connectivity index (χ2v) is 13.0. The second kappa shape index (κ2) is 10.9. The summed E-state index contributed by atoms with van der Waals surface area (Å²) in [5, 5.41) is 6.59. The maximum atomic E-state index is 12.7. The molecule has 0 aromatic heterocycles. The normalized spacial score (nSPS) is 18.0. The first-order valence-corrected chi connectivity index (χ1v) is 13.8. The molecule has 0 spiro atoms. The zero-order chi connectivity index (χ0) is 27.7. The summed E-state index contributed by atoms with van der Waals surface area (Å²) >= 11 is 0. The fraction of sp³-hybridized carbons (Fsp3) is 0.441. The molecule has 0 aliphatic carbocycles. The van der Waals surface area contributed by atoms with E-state index in [9.17, 15) is 4.79 Å². The number of anilines is 1. The highest BCUT2D eigenvalue weighted by molar-refractivity contribution is 5.85. The highest BCUT2D eigenvalue weighted by Gasteiger charge is 2.34. The van der Waals surface area contributed by atoms with Gasteiger partial charge in [-0.3, -0.25) is 5.32 Å². The molecular formula is C34H44N2O2. The van der Waals surface area contributed by atoms with Crippen LogP contribution in [0.25, 0.3) is 0 Å². The first kappa shape index (κ1) is 27.9. The lowest BCUT2D eigenvalue weighted by Gasteiger charge is -2.27. The van der Waals surface area contributed by atoms with Crippen LogP contribution in [0.15, 0.2) is 66.7 Å². The summed E-state index contributed by atoms with van der Waals surface area (Å²) in [5.41, 5.74) is 8.41. The van der Waals surface area contributed by atoms with Crippen molar-refractivity contribution in [1.82, 2.24) is 5.32 Å². The molecule has 1 aliphatic rings. The molecule has 38 heavy (non-hydrogen) atoms. The number of hydrogen-bond donors (Lipinski definition) is 2. The number of benzene rings is 3. The fourth-order valence-electron chi connectivity index (χ4n) is 5.46. The lowest BCUT2D eigenvalue weighted by Crippen LogP contribution is -2.30. The van der Waals surface area contributed by atoms with E-state index in [0.29, 0.717) is 6.54 Å². The van der Waals surface area contributed by atoms with E-state index < -0.39 is 6.09 Å². The van der Waals surface area contributed by atoms with Crippen molar-refractivity contribution in [3.63, 3.8) is 0 Å². The predicted octanol–water partition coefficient (Wildman–Crippen LogP) is 8.01. The quantitative estimate of drug-likeness (QED) is 0.364. The Balaban J connectivity index is 1.53. The monoisotopic (exact) mass is 512 g/mol. The van der Waals surface area contributed by atoms with Crippen molar-refractivity contribution >= 4 is 11.8 Å². The largest absolute Gasteiger partial charge is 0.445 e. The van der Waals surface area contributed by atoms with Crippen LogP contribution in [0.3, 0.4) is 0 Å². The first-order valence-electron chi connectivity index (χ1n) is 13.8. The third-order valence-electron chi connectivity index (χ3n) is 7.54. The number of hydrogen-bond acceptors (Lipinski definition) is 3. The lowest BCUT2D eigenvalue weighted by molar-refractivity contribution is 0.119. The Morgan fingerprint density at radius 1 is 0.816 bits per heavy atom. The van der Waals surface area contributed by atoms with E-state index in [1.165, 1.54) is 22.3 Å². The van der Waals surface area contributed by atoms with Crippen molar-refractivity contribution in [2.24, 2.45) is 0 Å². The number of carbonyl (C=O) groups excluding carboxylic acids is 1. The molecule has 4 rings (SSSR count). The third-order valence-corrected chi connectivity index (χ3v) is 7.54. The summed E-state index contributed by atoms with van der Waals surface area (Å²) in [4.78, 5) is 12.7. The Labute approximate surface area is 229 Å². The molecule has 2 N–H and O–H groups in total. The van der Waals surface area contributed by atoms with E-state index in [-0.39, 0.29) is 28.9 Å². The molecule has 4 nitrogen and oxygen atoms in total. The van der Waals surface area contributed by atoms with Gasteiger partial charge in [-0.15, -0.1) is 0 Å². The summed E-state index contributed by atoms with van der Waals surface area (Å²) in [6.07, 6.45) is 0.173. The van der Waals surface area contributed by atoms with Gasteiger partial charge in [0.2, 0.25) is 0 Å². The van der Waals surface area contributed by atoms with Crippen molar-refractivity contribution in [2.45, 2.75) is 90.7 Å². The highest BCUT2D eigenvalue weighted by atomic mass is 16.6. The molecule has 0 saturated carbocycles. The van der Waals surface area contributed by atoms with Gasteiger partial charge in [0.25, 0.3) is 0 Å². The van der Waals surface area contributed by atoms with Crippen LogP contribution in [0.5, 0.6) is 0 Å². The first-order chi connectivity index (χ1) is 17.8. The van der Waals surface area contributed by atoms with Gasteiger partial charge in [-0.2, -0.15) is 0 Å². The van der Waals surface area contributed by atoms with Gasteiger partial charge < -0.3 is 10.1 Å². The maximum absolute atomic E-state index is 12.7. The van der Waals surface area contributed by atoms with Crippen LogP contribution < -0.4 is 10.6 Å². The highest BCUT2D eigenvalue weighted by Crippen LogP contribution is 2.35. The van der Waals surface area contributed by atoms with E-state index in [1.54, 1.807) is 0 Å². The Morgan fingerprint density at radius 3 is 1.74 bits per heavy atom. The summed E-state index contributed by atoms with van der Waals surface area (Å²) in [7, 11) is 0. The van der Waals surface area contributed by atoms with E-state index in [2.05, 4.69) is 107 Å². The van der Waals surface area contributed by atoms with Gasteiger partial charge in [0.05, 0.1) is 0 Å². The third kappa shape index (κ3) is 6.85. The minimum Gasteiger partial charge on any atom is -0.445 e. The molecule has 2 atom stereocenters. The Kier molecular flexibility index (Phi) is 8.04. The average molecular weight is 513 g/mol. The minimum absolute atomic E-state index is 0.107. The SMILES string of the molecule is Cc1cc(C)cc(NC(=O)O[C@H]2CN[C@@H](C(c3ccc(C(C)(C)C)cc3)c3ccc(C(C)(C)C)cc3)C2)c1. The number of amides is 1. The second-order valence-electron chi connectivity index (χ2n) is 13.0. The molecule has 3 aromatic carbocycles. The number of rotatable bonds is 5. The fourth-order valence-corrected chi connectivity index (χ4v) is 5.46. The van der Waals surface area contributed by atoms with E-state index in [0.717, 1.165) is 23.2 Å². The minimum atomic E-state index is -0.400. The van der Waals surface area contributed by atoms with Crippen LogP contribution in [-0.4, -0.2) is 24.8 Å². The predicted molar refractivity (Wildman–Crippen MR) is 158 cm³/mol. The molecule has 202 valence electrons.